The van der Waals surface area contributed by atoms with E-state index in [9.17, 15) is 0 Å². The van der Waals surface area contributed by atoms with Crippen LogP contribution in [0.25, 0.3) is 56.2 Å². The Hall–Kier alpha value is -6.98. The van der Waals surface area contributed by atoms with E-state index >= 15 is 0 Å². The van der Waals surface area contributed by atoms with Crippen molar-refractivity contribution in [3.8, 4) is 56.2 Å². The van der Waals surface area contributed by atoms with Crippen molar-refractivity contribution in [2.24, 2.45) is 34.1 Å². The largest absolute Gasteiger partial charge is 0.309 e. The molecule has 4 unspecified atom stereocenters. The first-order valence-electron chi connectivity index (χ1n) is 47.4. The summed E-state index contributed by atoms with van der Waals surface area (Å²) in [5.41, 5.74) is 46.9. The molecule has 12 aliphatic rings. The smallest absolute Gasteiger partial charge is 0.0195 e. The number of aromatic nitrogens is 4. The SMILES string of the molecule is C.CC1(C)C2CCC1C1C(c3[c-]cc4c(c3)CCCC4)=NC=CC12.CC1(C)c2c[c-]c(-c3cc4c(cn3)CCCC4)cc2C(C)(C)c2ccccc21.CC1(C)c2ccccc2C(C)(C)c2c1ccnc2-c1[c-]cc2c(c1)CCCC2.[Ir].[Ir].[Ir].[Ir].[Ir].[c-]1cc2c(cc1-c1nccc3c1CCCC3)CCCC2.[c-]1cc2c(cc1-c1nccc3c1CCc1ccccc1-3)CCCC2. The molecule has 0 saturated heterocycles. The van der Waals surface area contributed by atoms with Crippen molar-refractivity contribution < 1.29 is 101 Å². The van der Waals surface area contributed by atoms with Crippen LogP contribution in [0.2, 0.25) is 0 Å². The van der Waals surface area contributed by atoms with Gasteiger partial charge < -0.3 is 24.9 Å². The van der Waals surface area contributed by atoms with Crippen LogP contribution in [0, 0.1) is 59.4 Å². The van der Waals surface area contributed by atoms with Crippen LogP contribution in [-0.2, 0) is 212 Å². The van der Waals surface area contributed by atoms with Crippen molar-refractivity contribution in [3.63, 3.8) is 0 Å². The average molecular weight is 2590 g/mol. The van der Waals surface area contributed by atoms with Gasteiger partial charge in [0.05, 0.1) is 0 Å². The Labute approximate surface area is 839 Å². The van der Waals surface area contributed by atoms with Crippen molar-refractivity contribution in [2.45, 2.75) is 278 Å². The fourth-order valence-corrected chi connectivity index (χ4v) is 25.0. The minimum atomic E-state index is -0.0885. The number of rotatable bonds is 5. The zero-order valence-electron chi connectivity index (χ0n) is 76.5. The number of aryl methyl sites for hydroxylation is 12. The summed E-state index contributed by atoms with van der Waals surface area (Å²) in [6.07, 6.45) is 47.7. The number of pyridine rings is 4. The van der Waals surface area contributed by atoms with Crippen LogP contribution in [-0.4, -0.2) is 25.6 Å². The van der Waals surface area contributed by atoms with Gasteiger partial charge in [-0.2, -0.15) is 0 Å². The van der Waals surface area contributed by atoms with E-state index in [2.05, 4.69) is 281 Å². The van der Waals surface area contributed by atoms with Gasteiger partial charge in [-0.15, -0.1) is 174 Å². The van der Waals surface area contributed by atoms with Gasteiger partial charge in [0.15, 0.2) is 0 Å². The Morgan fingerprint density at radius 2 is 0.721 bits per heavy atom. The van der Waals surface area contributed by atoms with E-state index in [0.717, 1.165) is 52.9 Å². The predicted octanol–water partition coefficient (Wildman–Crippen LogP) is 27.9. The summed E-state index contributed by atoms with van der Waals surface area (Å²) in [6.45, 7) is 23.8. The molecular weight excluding hydrogens is 2460 g/mol. The molecule has 2 fully saturated rings. The first-order valence-corrected chi connectivity index (χ1v) is 47.4. The quantitative estimate of drug-likeness (QED) is 0.161. The molecule has 129 heavy (non-hydrogen) atoms. The van der Waals surface area contributed by atoms with Crippen molar-refractivity contribution in [1.82, 2.24) is 19.9 Å². The molecule has 11 aliphatic carbocycles. The molecule has 677 valence electrons. The van der Waals surface area contributed by atoms with Crippen molar-refractivity contribution in [2.75, 3.05) is 0 Å². The fourth-order valence-electron chi connectivity index (χ4n) is 25.0. The molecular formula is C119H126Ir5N5-5. The molecule has 8 aromatic carbocycles. The van der Waals surface area contributed by atoms with E-state index in [1.54, 1.807) is 5.56 Å². The zero-order chi connectivity index (χ0) is 83.9. The van der Waals surface area contributed by atoms with E-state index in [1.165, 1.54) is 323 Å². The number of hydrogen-bond acceptors (Lipinski definition) is 5. The summed E-state index contributed by atoms with van der Waals surface area (Å²) < 4.78 is 0. The van der Waals surface area contributed by atoms with Crippen LogP contribution in [0.1, 0.15) is 295 Å². The standard InChI is InChI=1S/2C27H28N.C23H20N.C22H26N.C19H20N.CH4.5Ir/c1-26(2)21-11-7-8-12-22(21)27(3,4)24-15-19(13-14-23(24)26)25-16-18-9-5-6-10-20(18)17-28-25;1-26(2)21-11-7-8-12-22(21)27(3,4)24-23(26)15-16-28-25(24)20-14-13-18-9-5-6-10-19(18)17-20;1-2-7-18-15-19(10-9-16(18)5-1)23-22-12-11-17-6-3-4-8-20(17)21(22)13-14-24-23;1-22(2)18-9-10-19(22)20-17(18)11-12-23-21(20)16-8-7-14-5-3-4-6-15(14)13-16;1-2-7-16-13-17(10-9-14(16)5-1)19-18-8-4-3-6-15(18)11-12-20-19;;;;;;/h7-8,11-12,14-17H,5-6,9-10H2,1-4H3;7-8,11-13,15-17H,5-6,9-10H2,1-4H3;3-4,6,8-9,13-15H,1-2,5,7,11-12H2;7,11-13,17-20H,3-6,9-10H2,1-2H3;9,11-13H,1-8H2;1H4;;;;;/q5*-1;;;;;;. The minimum Gasteiger partial charge on any atom is -0.309 e. The van der Waals surface area contributed by atoms with Crippen LogP contribution in [0.3, 0.4) is 0 Å². The van der Waals surface area contributed by atoms with Gasteiger partial charge in [0.25, 0.3) is 0 Å². The van der Waals surface area contributed by atoms with E-state index in [0.29, 0.717) is 17.3 Å². The van der Waals surface area contributed by atoms with Gasteiger partial charge in [-0.25, -0.2) is 0 Å². The number of nitrogens with zero attached hydrogens (tertiary/aromatic N) is 5. The fraction of sp³-hybridized carbons (Fsp3) is 0.403. The van der Waals surface area contributed by atoms with Crippen LogP contribution in [0.5, 0.6) is 0 Å². The minimum absolute atomic E-state index is 0. The second-order valence-corrected chi connectivity index (χ2v) is 40.7. The third-order valence-corrected chi connectivity index (χ3v) is 31.9. The van der Waals surface area contributed by atoms with Gasteiger partial charge in [0.2, 0.25) is 0 Å². The molecule has 5 radical (unpaired) electrons. The number of benzene rings is 8. The number of hydrogen-bond donors (Lipinski definition) is 0. The molecule has 4 atom stereocenters. The third-order valence-electron chi connectivity index (χ3n) is 31.9. The molecule has 1 aliphatic heterocycles. The first-order chi connectivity index (χ1) is 59.8. The van der Waals surface area contributed by atoms with Gasteiger partial charge in [0.1, 0.15) is 0 Å². The monoisotopic (exact) mass is 2590 g/mol. The van der Waals surface area contributed by atoms with Crippen molar-refractivity contribution in [1.29, 1.82) is 0 Å². The van der Waals surface area contributed by atoms with Crippen LogP contribution in [0.4, 0.5) is 0 Å². The second-order valence-electron chi connectivity index (χ2n) is 40.7. The number of fused-ring (bicyclic) bond motifs is 18. The molecule has 2 saturated carbocycles. The van der Waals surface area contributed by atoms with Crippen molar-refractivity contribution in [3.05, 3.63) is 353 Å². The van der Waals surface area contributed by atoms with Crippen LogP contribution >= 0.6 is 0 Å². The molecule has 0 amide bonds. The van der Waals surface area contributed by atoms with E-state index in [1.807, 2.05) is 18.6 Å². The maximum atomic E-state index is 4.91. The zero-order valence-corrected chi connectivity index (χ0v) is 88.5. The average Bonchev–Trinajstić information content (AvgIpc) is 1.06. The Bertz CT molecular complexity index is 6130. The molecule has 4 aromatic heterocycles. The summed E-state index contributed by atoms with van der Waals surface area (Å²) in [7, 11) is 0. The van der Waals surface area contributed by atoms with Crippen LogP contribution in [0.15, 0.2) is 200 Å². The van der Waals surface area contributed by atoms with Gasteiger partial charge in [-0.1, -0.05) is 261 Å². The summed E-state index contributed by atoms with van der Waals surface area (Å²) >= 11 is 0. The van der Waals surface area contributed by atoms with Gasteiger partial charge in [-0.05, 0) is 245 Å². The topological polar surface area (TPSA) is 63.9 Å². The Morgan fingerprint density at radius 3 is 1.29 bits per heavy atom. The number of aliphatic imine (C=N–C) groups is 1. The Kier molecular flexibility index (Phi) is 30.9. The van der Waals surface area contributed by atoms with E-state index in [-0.39, 0.29) is 130 Å². The van der Waals surface area contributed by atoms with Gasteiger partial charge in [0, 0.05) is 142 Å². The predicted molar refractivity (Wildman–Crippen MR) is 513 cm³/mol. The summed E-state index contributed by atoms with van der Waals surface area (Å²) in [5.74, 6) is 2.98. The Balaban J connectivity index is 0.000000129. The summed E-state index contributed by atoms with van der Waals surface area (Å²) in [4.78, 5) is 24.0. The van der Waals surface area contributed by atoms with E-state index in [4.69, 9.17) is 19.9 Å². The van der Waals surface area contributed by atoms with Crippen molar-refractivity contribution >= 4 is 5.71 Å². The first kappa shape index (κ1) is 98.0. The third kappa shape index (κ3) is 18.5. The number of allylic oxidation sites excluding steroid dienone is 1. The second kappa shape index (κ2) is 40.7. The normalized spacial score (nSPS) is 20.2. The summed E-state index contributed by atoms with van der Waals surface area (Å²) in [6, 6.07) is 76.3. The molecule has 0 spiro atoms. The molecule has 5 nitrogen and oxygen atoms in total. The van der Waals surface area contributed by atoms with Gasteiger partial charge >= 0.3 is 0 Å². The molecule has 0 N–H and O–H groups in total. The van der Waals surface area contributed by atoms with Gasteiger partial charge in [-0.3, -0.25) is 0 Å². The molecule has 5 heterocycles. The molecule has 12 aromatic rings. The molecule has 2 bridgehead atoms. The molecule has 24 rings (SSSR count). The Morgan fingerprint density at radius 1 is 0.302 bits per heavy atom. The maximum Gasteiger partial charge on any atom is 0.0195 e. The maximum absolute atomic E-state index is 4.91. The summed E-state index contributed by atoms with van der Waals surface area (Å²) in [5, 5.41) is 0. The van der Waals surface area contributed by atoms with E-state index < -0.39 is 0 Å². The molecule has 10 heteroatoms. The van der Waals surface area contributed by atoms with Crippen LogP contribution < -0.4 is 0 Å².